The molecule has 0 N–H and O–H groups in total. The highest BCUT2D eigenvalue weighted by molar-refractivity contribution is 5.71. The van der Waals surface area contributed by atoms with Crippen molar-refractivity contribution in [3.8, 4) is 5.75 Å². The molecule has 23 heavy (non-hydrogen) atoms. The Morgan fingerprint density at radius 2 is 2.00 bits per heavy atom. The van der Waals surface area contributed by atoms with Crippen molar-refractivity contribution in [2.24, 2.45) is 0 Å². The first-order valence-electron chi connectivity index (χ1n) is 8.24. The second kappa shape index (κ2) is 5.82. The Bertz CT molecular complexity index is 619. The molecule has 1 unspecified atom stereocenters. The molecule has 0 aromatic heterocycles. The van der Waals surface area contributed by atoms with E-state index in [1.165, 1.54) is 5.70 Å². The second-order valence-electron chi connectivity index (χ2n) is 6.57. The molecular formula is C18H23NO4. The topological polar surface area (TPSA) is 40.2 Å². The van der Waals surface area contributed by atoms with Gasteiger partial charge in [-0.3, -0.25) is 0 Å². The van der Waals surface area contributed by atoms with Gasteiger partial charge in [-0.05, 0) is 37.6 Å². The molecule has 0 amide bonds. The number of hydrogen-bond acceptors (Lipinski definition) is 5. The van der Waals surface area contributed by atoms with Crippen LogP contribution in [-0.4, -0.2) is 50.2 Å². The maximum atomic E-state index is 5.95. The van der Waals surface area contributed by atoms with Crippen molar-refractivity contribution in [3.05, 3.63) is 35.4 Å². The maximum absolute atomic E-state index is 5.95. The van der Waals surface area contributed by atoms with Crippen molar-refractivity contribution >= 4 is 5.70 Å². The van der Waals surface area contributed by atoms with Crippen LogP contribution in [-0.2, 0) is 14.2 Å². The third-order valence-electron chi connectivity index (χ3n) is 4.53. The molecule has 5 nitrogen and oxygen atoms in total. The molecule has 0 spiro atoms. The van der Waals surface area contributed by atoms with Gasteiger partial charge in [0, 0.05) is 24.4 Å². The zero-order valence-corrected chi connectivity index (χ0v) is 13.7. The molecule has 1 atom stereocenters. The number of fused-ring (bicyclic) bond motifs is 1. The van der Waals surface area contributed by atoms with E-state index in [9.17, 15) is 0 Å². The Kier molecular flexibility index (Phi) is 3.79. The third kappa shape index (κ3) is 2.96. The molecule has 4 rings (SSSR count). The highest BCUT2D eigenvalue weighted by Gasteiger charge is 2.34. The summed E-state index contributed by atoms with van der Waals surface area (Å²) in [5.74, 6) is 0.417. The first-order valence-corrected chi connectivity index (χ1v) is 8.24. The zero-order valence-electron chi connectivity index (χ0n) is 13.7. The number of hydrogen-bond donors (Lipinski definition) is 0. The molecule has 0 aliphatic carbocycles. The molecule has 1 aromatic carbocycles. The molecule has 1 aromatic rings. The van der Waals surface area contributed by atoms with Gasteiger partial charge in [-0.2, -0.15) is 0 Å². The molecule has 124 valence electrons. The fourth-order valence-corrected chi connectivity index (χ4v) is 3.35. The van der Waals surface area contributed by atoms with Gasteiger partial charge in [0.25, 0.3) is 0 Å². The normalized spacial score (nSPS) is 26.4. The van der Waals surface area contributed by atoms with E-state index in [1.54, 1.807) is 0 Å². The molecule has 5 heteroatoms. The van der Waals surface area contributed by atoms with Crippen LogP contribution in [0.2, 0.25) is 0 Å². The molecule has 0 radical (unpaired) electrons. The quantitative estimate of drug-likeness (QED) is 0.838. The number of ether oxygens (including phenoxy) is 4. The Morgan fingerprint density at radius 1 is 1.17 bits per heavy atom. The lowest BCUT2D eigenvalue weighted by molar-refractivity contribution is -0.139. The molecule has 3 heterocycles. The van der Waals surface area contributed by atoms with E-state index in [0.29, 0.717) is 13.2 Å². The van der Waals surface area contributed by atoms with Gasteiger partial charge in [-0.25, -0.2) is 0 Å². The highest BCUT2D eigenvalue weighted by Crippen LogP contribution is 2.38. The van der Waals surface area contributed by atoms with E-state index in [0.717, 1.165) is 43.2 Å². The zero-order chi connectivity index (χ0) is 15.9. The van der Waals surface area contributed by atoms with Gasteiger partial charge in [0.2, 0.25) is 0 Å². The lowest BCUT2D eigenvalue weighted by Crippen LogP contribution is -2.35. The fourth-order valence-electron chi connectivity index (χ4n) is 3.35. The van der Waals surface area contributed by atoms with Gasteiger partial charge in [0.1, 0.15) is 18.5 Å². The largest absolute Gasteiger partial charge is 0.489 e. The van der Waals surface area contributed by atoms with Crippen LogP contribution in [0.3, 0.4) is 0 Å². The molecule has 0 saturated carbocycles. The predicted octanol–water partition coefficient (Wildman–Crippen LogP) is 2.58. The monoisotopic (exact) mass is 317 g/mol. The average Bonchev–Trinajstić information content (AvgIpc) is 2.94. The fraction of sp³-hybridized carbons (Fsp3) is 0.556. The highest BCUT2D eigenvalue weighted by atomic mass is 16.7. The number of rotatable bonds is 2. The minimum absolute atomic E-state index is 0.0309. The smallest absolute Gasteiger partial charge is 0.163 e. The first-order chi connectivity index (χ1) is 11.1. The maximum Gasteiger partial charge on any atom is 0.163 e. The van der Waals surface area contributed by atoms with Crippen LogP contribution in [0, 0.1) is 0 Å². The molecule has 2 fully saturated rings. The Balaban J connectivity index is 1.59. The summed E-state index contributed by atoms with van der Waals surface area (Å²) in [6.45, 7) is 8.51. The summed E-state index contributed by atoms with van der Waals surface area (Å²) in [4.78, 5) is 2.38. The van der Waals surface area contributed by atoms with E-state index >= 15 is 0 Å². The minimum atomic E-state index is -0.514. The standard InChI is InChI=1S/C18H23NO4/c1-18(2)22-12-17(23-18)13-3-4-14-15(5-8-21-16(14)11-13)19-6-9-20-10-7-19/h3-5,11,17H,6-10,12H2,1-2H3. The van der Waals surface area contributed by atoms with E-state index in [1.807, 2.05) is 13.8 Å². The lowest BCUT2D eigenvalue weighted by Gasteiger charge is -2.33. The lowest BCUT2D eigenvalue weighted by atomic mass is 10.0. The van der Waals surface area contributed by atoms with Gasteiger partial charge in [-0.1, -0.05) is 6.07 Å². The van der Waals surface area contributed by atoms with Crippen molar-refractivity contribution in [1.82, 2.24) is 4.90 Å². The molecule has 2 saturated heterocycles. The summed E-state index contributed by atoms with van der Waals surface area (Å²) in [6, 6.07) is 6.36. The first kappa shape index (κ1) is 15.0. The van der Waals surface area contributed by atoms with Crippen LogP contribution >= 0.6 is 0 Å². The SMILES string of the molecule is CC1(C)OCC(c2ccc3c(c2)OCC=C3N2CCOCC2)O1. The van der Waals surface area contributed by atoms with Gasteiger partial charge < -0.3 is 23.8 Å². The van der Waals surface area contributed by atoms with Crippen molar-refractivity contribution in [2.75, 3.05) is 39.5 Å². The molecule has 3 aliphatic rings. The second-order valence-corrected chi connectivity index (χ2v) is 6.57. The van der Waals surface area contributed by atoms with Crippen LogP contribution < -0.4 is 4.74 Å². The number of benzene rings is 1. The van der Waals surface area contributed by atoms with Crippen molar-refractivity contribution in [1.29, 1.82) is 0 Å². The Labute approximate surface area is 136 Å². The van der Waals surface area contributed by atoms with Crippen molar-refractivity contribution in [2.45, 2.75) is 25.7 Å². The van der Waals surface area contributed by atoms with Gasteiger partial charge >= 0.3 is 0 Å². The summed E-state index contributed by atoms with van der Waals surface area (Å²) >= 11 is 0. The van der Waals surface area contributed by atoms with Crippen LogP contribution in [0.5, 0.6) is 5.75 Å². The minimum Gasteiger partial charge on any atom is -0.489 e. The van der Waals surface area contributed by atoms with Crippen LogP contribution in [0.4, 0.5) is 0 Å². The van der Waals surface area contributed by atoms with E-state index in [-0.39, 0.29) is 6.10 Å². The summed E-state index contributed by atoms with van der Waals surface area (Å²) in [5, 5.41) is 0. The van der Waals surface area contributed by atoms with E-state index < -0.39 is 5.79 Å². The third-order valence-corrected chi connectivity index (χ3v) is 4.53. The summed E-state index contributed by atoms with van der Waals surface area (Å²) < 4.78 is 22.9. The summed E-state index contributed by atoms with van der Waals surface area (Å²) in [7, 11) is 0. The van der Waals surface area contributed by atoms with Gasteiger partial charge in [0.15, 0.2) is 5.79 Å². The van der Waals surface area contributed by atoms with Crippen LogP contribution in [0.1, 0.15) is 31.1 Å². The molecular weight excluding hydrogens is 294 g/mol. The van der Waals surface area contributed by atoms with Crippen LogP contribution in [0.15, 0.2) is 24.3 Å². The van der Waals surface area contributed by atoms with Crippen molar-refractivity contribution in [3.63, 3.8) is 0 Å². The van der Waals surface area contributed by atoms with E-state index in [4.69, 9.17) is 18.9 Å². The van der Waals surface area contributed by atoms with Crippen LogP contribution in [0.25, 0.3) is 5.70 Å². The van der Waals surface area contributed by atoms with Gasteiger partial charge in [0.05, 0.1) is 19.8 Å². The predicted molar refractivity (Wildman–Crippen MR) is 86.2 cm³/mol. The number of nitrogens with zero attached hydrogens (tertiary/aromatic N) is 1. The van der Waals surface area contributed by atoms with E-state index in [2.05, 4.69) is 29.2 Å². The summed E-state index contributed by atoms with van der Waals surface area (Å²) in [6.07, 6.45) is 2.13. The van der Waals surface area contributed by atoms with Crippen molar-refractivity contribution < 1.29 is 18.9 Å². The Morgan fingerprint density at radius 3 is 2.74 bits per heavy atom. The summed E-state index contributed by atoms with van der Waals surface area (Å²) in [5.41, 5.74) is 3.52. The molecule has 3 aliphatic heterocycles. The molecule has 0 bridgehead atoms. The Hall–Kier alpha value is -1.56. The number of morpholine rings is 1. The average molecular weight is 317 g/mol. The van der Waals surface area contributed by atoms with Gasteiger partial charge in [-0.15, -0.1) is 0 Å².